The highest BCUT2D eigenvalue weighted by atomic mass is 32.2. The highest BCUT2D eigenvalue weighted by molar-refractivity contribution is 8.27. The van der Waals surface area contributed by atoms with Crippen LogP contribution >= 0.6 is 24.0 Å². The molecule has 1 aromatic heterocycles. The number of carbonyl (C=O) groups is 1. The number of amides is 1. The molecule has 1 aliphatic heterocycles. The van der Waals surface area contributed by atoms with Gasteiger partial charge in [0, 0.05) is 0 Å². The Kier molecular flexibility index (Phi) is 4.64. The number of hydrogen-bond donors (Lipinski definition) is 0. The van der Waals surface area contributed by atoms with Crippen LogP contribution in [0.25, 0.3) is 17.0 Å². The van der Waals surface area contributed by atoms with Gasteiger partial charge in [-0.05, 0) is 61.4 Å². The Hall–Kier alpha value is -2.77. The molecule has 1 amide bonds. The van der Waals surface area contributed by atoms with E-state index in [2.05, 4.69) is 0 Å². The summed E-state index contributed by atoms with van der Waals surface area (Å²) in [6.45, 7) is 3.78. The number of rotatable bonds is 2. The second kappa shape index (κ2) is 7.00. The Bertz CT molecular complexity index is 1230. The topological polar surface area (TPSA) is 50.5 Å². The van der Waals surface area contributed by atoms with E-state index in [0.29, 0.717) is 25.9 Å². The van der Waals surface area contributed by atoms with E-state index < -0.39 is 5.82 Å². The first-order chi connectivity index (χ1) is 13.3. The van der Waals surface area contributed by atoms with E-state index in [0.717, 1.165) is 22.9 Å². The molecule has 0 radical (unpaired) electrons. The fourth-order valence-electron chi connectivity index (χ4n) is 3.16. The quantitative estimate of drug-likeness (QED) is 0.441. The zero-order valence-electron chi connectivity index (χ0n) is 15.0. The SMILES string of the molecule is Cc1cc(C)c2c(=O)c(/C=C3\SC(=S)N(c4ccc(F)cc4)C3=O)coc2c1. The highest BCUT2D eigenvalue weighted by Gasteiger charge is 2.33. The number of fused-ring (bicyclic) bond motifs is 1. The van der Waals surface area contributed by atoms with Crippen LogP contribution in [0.1, 0.15) is 16.7 Å². The third-order valence-electron chi connectivity index (χ3n) is 4.41. The molecule has 2 heterocycles. The summed E-state index contributed by atoms with van der Waals surface area (Å²) in [6, 6.07) is 9.22. The zero-order valence-corrected chi connectivity index (χ0v) is 16.6. The maximum Gasteiger partial charge on any atom is 0.270 e. The molecule has 3 aromatic rings. The number of carbonyl (C=O) groups excluding carboxylic acids is 1. The van der Waals surface area contributed by atoms with Crippen LogP contribution in [0.2, 0.25) is 0 Å². The van der Waals surface area contributed by atoms with Gasteiger partial charge < -0.3 is 4.42 Å². The number of anilines is 1. The summed E-state index contributed by atoms with van der Waals surface area (Å²) in [5.41, 5.74) is 2.88. The molecule has 0 bridgehead atoms. The molecule has 1 saturated heterocycles. The van der Waals surface area contributed by atoms with Crippen LogP contribution < -0.4 is 10.3 Å². The Labute approximate surface area is 169 Å². The summed E-state index contributed by atoms with van der Waals surface area (Å²) < 4.78 is 19.1. The number of nitrogens with zero attached hydrogens (tertiary/aromatic N) is 1. The van der Waals surface area contributed by atoms with E-state index in [9.17, 15) is 14.0 Å². The number of hydrogen-bond acceptors (Lipinski definition) is 5. The Morgan fingerprint density at radius 2 is 1.86 bits per heavy atom. The van der Waals surface area contributed by atoms with Gasteiger partial charge in [0.2, 0.25) is 0 Å². The van der Waals surface area contributed by atoms with Crippen LogP contribution in [0.4, 0.5) is 10.1 Å². The summed E-state index contributed by atoms with van der Waals surface area (Å²) >= 11 is 6.39. The average molecular weight is 411 g/mol. The minimum Gasteiger partial charge on any atom is -0.463 e. The minimum atomic E-state index is -0.399. The lowest BCUT2D eigenvalue weighted by Crippen LogP contribution is -2.27. The number of aryl methyl sites for hydroxylation is 2. The van der Waals surface area contributed by atoms with Crippen LogP contribution in [-0.2, 0) is 4.79 Å². The maximum absolute atomic E-state index is 13.2. The Morgan fingerprint density at radius 1 is 1.14 bits per heavy atom. The maximum atomic E-state index is 13.2. The predicted molar refractivity (Wildman–Crippen MR) is 114 cm³/mol. The molecular formula is C21H14FNO3S2. The van der Waals surface area contributed by atoms with E-state index in [1.165, 1.54) is 41.5 Å². The predicted octanol–water partition coefficient (Wildman–Crippen LogP) is 4.95. The van der Waals surface area contributed by atoms with Crippen molar-refractivity contribution in [3.05, 3.63) is 80.3 Å². The van der Waals surface area contributed by atoms with Crippen molar-refractivity contribution in [2.45, 2.75) is 13.8 Å². The first-order valence-electron chi connectivity index (χ1n) is 8.41. The number of thioether (sulfide) groups is 1. The van der Waals surface area contributed by atoms with E-state index in [-0.39, 0.29) is 16.9 Å². The molecule has 1 aliphatic rings. The van der Waals surface area contributed by atoms with Crippen LogP contribution in [0.15, 0.2) is 56.8 Å². The molecule has 0 spiro atoms. The van der Waals surface area contributed by atoms with Gasteiger partial charge in [-0.3, -0.25) is 14.5 Å². The molecule has 7 heteroatoms. The highest BCUT2D eigenvalue weighted by Crippen LogP contribution is 2.36. The molecule has 1 fully saturated rings. The van der Waals surface area contributed by atoms with Crippen molar-refractivity contribution in [2.24, 2.45) is 0 Å². The molecule has 0 N–H and O–H groups in total. The van der Waals surface area contributed by atoms with Gasteiger partial charge in [-0.1, -0.05) is 30.0 Å². The molecule has 4 nitrogen and oxygen atoms in total. The van der Waals surface area contributed by atoms with Gasteiger partial charge in [-0.15, -0.1) is 0 Å². The molecular weight excluding hydrogens is 397 g/mol. The molecule has 2 aromatic carbocycles. The van der Waals surface area contributed by atoms with E-state index in [4.69, 9.17) is 16.6 Å². The molecule has 0 aliphatic carbocycles. The van der Waals surface area contributed by atoms with Crippen LogP contribution in [0.5, 0.6) is 0 Å². The Balaban J connectivity index is 1.76. The smallest absolute Gasteiger partial charge is 0.270 e. The van der Waals surface area contributed by atoms with Gasteiger partial charge in [0.1, 0.15) is 17.7 Å². The number of benzene rings is 2. The van der Waals surface area contributed by atoms with Crippen molar-refractivity contribution in [3.8, 4) is 0 Å². The molecule has 0 saturated carbocycles. The first kappa shape index (κ1) is 18.6. The van der Waals surface area contributed by atoms with Crippen molar-refractivity contribution >= 4 is 56.9 Å². The first-order valence-corrected chi connectivity index (χ1v) is 9.64. The molecule has 4 rings (SSSR count). The summed E-state index contributed by atoms with van der Waals surface area (Å²) in [5.74, 6) is -0.758. The fraction of sp³-hybridized carbons (Fsp3) is 0.0952. The van der Waals surface area contributed by atoms with Gasteiger partial charge in [0.15, 0.2) is 9.75 Å². The van der Waals surface area contributed by atoms with Gasteiger partial charge in [0.05, 0.1) is 21.5 Å². The number of thiocarbonyl (C=S) groups is 1. The lowest BCUT2D eigenvalue weighted by molar-refractivity contribution is -0.113. The molecule has 140 valence electrons. The van der Waals surface area contributed by atoms with Crippen molar-refractivity contribution in [2.75, 3.05) is 4.90 Å². The fourth-order valence-corrected chi connectivity index (χ4v) is 4.45. The normalized spacial score (nSPS) is 15.8. The third-order valence-corrected chi connectivity index (χ3v) is 5.71. The van der Waals surface area contributed by atoms with Crippen LogP contribution in [0.3, 0.4) is 0 Å². The van der Waals surface area contributed by atoms with Gasteiger partial charge in [0.25, 0.3) is 5.91 Å². The summed E-state index contributed by atoms with van der Waals surface area (Å²) in [4.78, 5) is 27.4. The average Bonchev–Trinajstić information content (AvgIpc) is 2.91. The second-order valence-corrected chi connectivity index (χ2v) is 8.14. The largest absolute Gasteiger partial charge is 0.463 e. The summed E-state index contributed by atoms with van der Waals surface area (Å²) in [5, 5.41) is 0.494. The molecule has 28 heavy (non-hydrogen) atoms. The summed E-state index contributed by atoms with van der Waals surface area (Å²) in [7, 11) is 0. The van der Waals surface area contributed by atoms with Crippen molar-refractivity contribution in [3.63, 3.8) is 0 Å². The minimum absolute atomic E-state index is 0.203. The van der Waals surface area contributed by atoms with Crippen LogP contribution in [-0.4, -0.2) is 10.2 Å². The lowest BCUT2D eigenvalue weighted by Gasteiger charge is -2.14. The third kappa shape index (κ3) is 3.16. The van der Waals surface area contributed by atoms with Crippen molar-refractivity contribution < 1.29 is 13.6 Å². The monoisotopic (exact) mass is 411 g/mol. The van der Waals surface area contributed by atoms with E-state index in [1.807, 2.05) is 26.0 Å². The van der Waals surface area contributed by atoms with E-state index >= 15 is 0 Å². The zero-order chi connectivity index (χ0) is 20.0. The Morgan fingerprint density at radius 3 is 2.57 bits per heavy atom. The summed E-state index contributed by atoms with van der Waals surface area (Å²) in [6.07, 6.45) is 2.85. The van der Waals surface area contributed by atoms with Gasteiger partial charge in [-0.25, -0.2) is 4.39 Å². The second-order valence-electron chi connectivity index (χ2n) is 6.47. The standard InChI is InChI=1S/C21H14FNO3S2/c1-11-7-12(2)18-16(8-11)26-10-13(19(18)24)9-17-20(25)23(21(27)28-17)15-5-3-14(22)4-6-15/h3-10H,1-2H3/b17-9-. The van der Waals surface area contributed by atoms with Gasteiger partial charge >= 0.3 is 0 Å². The van der Waals surface area contributed by atoms with Gasteiger partial charge in [-0.2, -0.15) is 0 Å². The van der Waals surface area contributed by atoms with Crippen LogP contribution in [0, 0.1) is 19.7 Å². The van der Waals surface area contributed by atoms with Crippen molar-refractivity contribution in [1.82, 2.24) is 0 Å². The molecule has 0 atom stereocenters. The number of halogens is 1. The molecule has 0 unspecified atom stereocenters. The van der Waals surface area contributed by atoms with E-state index in [1.54, 1.807) is 0 Å². The van der Waals surface area contributed by atoms with Crippen molar-refractivity contribution in [1.29, 1.82) is 0 Å². The lowest BCUT2D eigenvalue weighted by atomic mass is 10.0.